The van der Waals surface area contributed by atoms with Gasteiger partial charge in [0.05, 0.1) is 18.6 Å². The van der Waals surface area contributed by atoms with Crippen molar-refractivity contribution in [2.75, 3.05) is 13.7 Å². The maximum atomic E-state index is 12.3. The largest absolute Gasteiger partial charge is 0.481 e. The fourth-order valence-corrected chi connectivity index (χ4v) is 3.20. The highest BCUT2D eigenvalue weighted by Gasteiger charge is 2.43. The molecule has 0 aliphatic carbocycles. The summed E-state index contributed by atoms with van der Waals surface area (Å²) in [5.41, 5.74) is 0. The molecule has 1 rings (SSSR count). The number of rotatable bonds is 6. The van der Waals surface area contributed by atoms with E-state index in [1.54, 1.807) is 12.0 Å². The topological polar surface area (TPSA) is 66.8 Å². The molecule has 0 aromatic rings. The van der Waals surface area contributed by atoms with E-state index in [-0.39, 0.29) is 23.9 Å². The summed E-state index contributed by atoms with van der Waals surface area (Å²) in [4.78, 5) is 25.4. The Labute approximate surface area is 114 Å². The Hall–Kier alpha value is -1.10. The molecule has 4 unspecified atom stereocenters. The second-order valence-electron chi connectivity index (χ2n) is 5.48. The fraction of sp³-hybridized carbons (Fsp3) is 0.857. The van der Waals surface area contributed by atoms with Gasteiger partial charge in [-0.25, -0.2) is 0 Å². The van der Waals surface area contributed by atoms with E-state index in [4.69, 9.17) is 4.74 Å². The van der Waals surface area contributed by atoms with Crippen molar-refractivity contribution >= 4 is 11.9 Å². The minimum Gasteiger partial charge on any atom is -0.481 e. The molecule has 1 N–H and O–H groups in total. The van der Waals surface area contributed by atoms with Crippen LogP contribution >= 0.6 is 0 Å². The van der Waals surface area contributed by atoms with E-state index in [2.05, 4.69) is 6.92 Å². The quantitative estimate of drug-likeness (QED) is 0.799. The molecule has 5 nitrogen and oxygen atoms in total. The van der Waals surface area contributed by atoms with Crippen LogP contribution in [0.4, 0.5) is 0 Å². The summed E-state index contributed by atoms with van der Waals surface area (Å²) in [6.07, 6.45) is 2.09. The summed E-state index contributed by atoms with van der Waals surface area (Å²) in [7, 11) is 1.61. The Bertz CT molecular complexity index is 325. The van der Waals surface area contributed by atoms with Crippen molar-refractivity contribution in [2.24, 2.45) is 11.8 Å². The van der Waals surface area contributed by atoms with Gasteiger partial charge in [0, 0.05) is 19.6 Å². The van der Waals surface area contributed by atoms with Crippen LogP contribution in [0.15, 0.2) is 0 Å². The van der Waals surface area contributed by atoms with Gasteiger partial charge >= 0.3 is 5.97 Å². The number of amides is 1. The molecule has 0 saturated carbocycles. The lowest BCUT2D eigenvalue weighted by Crippen LogP contribution is -2.57. The number of aliphatic carboxylic acids is 1. The third-order valence-electron chi connectivity index (χ3n) is 4.02. The predicted molar refractivity (Wildman–Crippen MR) is 71.8 cm³/mol. The van der Waals surface area contributed by atoms with E-state index in [1.165, 1.54) is 0 Å². The molecule has 1 fully saturated rings. The minimum absolute atomic E-state index is 0.0214. The van der Waals surface area contributed by atoms with Gasteiger partial charge in [-0.2, -0.15) is 0 Å². The highest BCUT2D eigenvalue weighted by Crippen LogP contribution is 2.32. The number of carboxylic acid groups (broad SMARTS) is 1. The van der Waals surface area contributed by atoms with Crippen LogP contribution in [-0.4, -0.2) is 47.7 Å². The lowest BCUT2D eigenvalue weighted by atomic mass is 9.80. The van der Waals surface area contributed by atoms with Crippen molar-refractivity contribution in [1.29, 1.82) is 0 Å². The highest BCUT2D eigenvalue weighted by molar-refractivity contribution is 5.82. The van der Waals surface area contributed by atoms with Crippen molar-refractivity contribution in [3.63, 3.8) is 0 Å². The van der Waals surface area contributed by atoms with Gasteiger partial charge in [-0.05, 0) is 19.3 Å². The van der Waals surface area contributed by atoms with Gasteiger partial charge < -0.3 is 14.7 Å². The van der Waals surface area contributed by atoms with E-state index in [0.29, 0.717) is 13.0 Å². The SMILES string of the molecule is CCCC(COC)N1C(=O)CC(C)C(C(=O)O)C1C. The number of ether oxygens (including phenoxy) is 1. The van der Waals surface area contributed by atoms with E-state index < -0.39 is 11.9 Å². The summed E-state index contributed by atoms with van der Waals surface area (Å²) < 4.78 is 5.19. The maximum Gasteiger partial charge on any atom is 0.308 e. The van der Waals surface area contributed by atoms with Crippen molar-refractivity contribution < 1.29 is 19.4 Å². The van der Waals surface area contributed by atoms with Crippen molar-refractivity contribution in [1.82, 2.24) is 4.90 Å². The number of carbonyl (C=O) groups is 2. The Morgan fingerprint density at radius 1 is 1.53 bits per heavy atom. The first-order valence-corrected chi connectivity index (χ1v) is 6.96. The summed E-state index contributed by atoms with van der Waals surface area (Å²) in [6, 6.07) is -0.299. The number of hydrogen-bond acceptors (Lipinski definition) is 3. The van der Waals surface area contributed by atoms with Crippen LogP contribution in [0.5, 0.6) is 0 Å². The van der Waals surface area contributed by atoms with Gasteiger partial charge in [0.2, 0.25) is 5.91 Å². The lowest BCUT2D eigenvalue weighted by Gasteiger charge is -2.44. The molecule has 110 valence electrons. The average Bonchev–Trinajstić information content (AvgIpc) is 2.27. The summed E-state index contributed by atoms with van der Waals surface area (Å²) >= 11 is 0. The maximum absolute atomic E-state index is 12.3. The molecule has 1 aliphatic heterocycles. The number of hydrogen-bond donors (Lipinski definition) is 1. The number of piperidine rings is 1. The van der Waals surface area contributed by atoms with Gasteiger partial charge in [0.15, 0.2) is 0 Å². The zero-order valence-electron chi connectivity index (χ0n) is 12.3. The fourth-order valence-electron chi connectivity index (χ4n) is 3.20. The molecule has 4 atom stereocenters. The average molecular weight is 271 g/mol. The predicted octanol–water partition coefficient (Wildman–Crippen LogP) is 1.76. The minimum atomic E-state index is -0.815. The molecule has 1 heterocycles. The van der Waals surface area contributed by atoms with Crippen LogP contribution in [0.25, 0.3) is 0 Å². The third kappa shape index (κ3) is 3.47. The Morgan fingerprint density at radius 3 is 2.63 bits per heavy atom. The van der Waals surface area contributed by atoms with Crippen molar-refractivity contribution in [3.05, 3.63) is 0 Å². The number of carbonyl (C=O) groups excluding carboxylic acids is 1. The molecule has 0 bridgehead atoms. The van der Waals surface area contributed by atoms with Crippen LogP contribution in [0.2, 0.25) is 0 Å². The van der Waals surface area contributed by atoms with Crippen LogP contribution < -0.4 is 0 Å². The number of carboxylic acids is 1. The Morgan fingerprint density at radius 2 is 2.16 bits per heavy atom. The Balaban J connectivity index is 2.95. The molecule has 19 heavy (non-hydrogen) atoms. The molecule has 5 heteroatoms. The first kappa shape index (κ1) is 16.0. The molecular formula is C14H25NO4. The Kier molecular flexibility index (Phi) is 5.79. The number of methoxy groups -OCH3 is 1. The van der Waals surface area contributed by atoms with Gasteiger partial charge in [0.1, 0.15) is 0 Å². The number of likely N-dealkylation sites (tertiary alicyclic amines) is 1. The molecular weight excluding hydrogens is 246 g/mol. The monoisotopic (exact) mass is 271 g/mol. The first-order chi connectivity index (χ1) is 8.93. The zero-order valence-corrected chi connectivity index (χ0v) is 12.3. The van der Waals surface area contributed by atoms with Gasteiger partial charge in [-0.3, -0.25) is 9.59 Å². The van der Waals surface area contributed by atoms with Crippen LogP contribution in [0, 0.1) is 11.8 Å². The third-order valence-corrected chi connectivity index (χ3v) is 4.02. The van der Waals surface area contributed by atoms with E-state index in [0.717, 1.165) is 12.8 Å². The normalized spacial score (nSPS) is 29.4. The van der Waals surface area contributed by atoms with Crippen LogP contribution in [-0.2, 0) is 14.3 Å². The zero-order chi connectivity index (χ0) is 14.6. The van der Waals surface area contributed by atoms with E-state index in [9.17, 15) is 14.7 Å². The van der Waals surface area contributed by atoms with Crippen molar-refractivity contribution in [3.8, 4) is 0 Å². The molecule has 1 amide bonds. The van der Waals surface area contributed by atoms with Gasteiger partial charge in [-0.15, -0.1) is 0 Å². The van der Waals surface area contributed by atoms with Crippen LogP contribution in [0.3, 0.4) is 0 Å². The number of nitrogens with zero attached hydrogens (tertiary/aromatic N) is 1. The van der Waals surface area contributed by atoms with Crippen LogP contribution in [0.1, 0.15) is 40.0 Å². The lowest BCUT2D eigenvalue weighted by molar-refractivity contribution is -0.158. The summed E-state index contributed by atoms with van der Waals surface area (Å²) in [5, 5.41) is 9.36. The standard InChI is InChI=1S/C14H25NO4/c1-5-6-11(8-19-4)15-10(3)13(14(17)18)9(2)7-12(15)16/h9-11,13H,5-8H2,1-4H3,(H,17,18). The second-order valence-corrected chi connectivity index (χ2v) is 5.48. The molecule has 0 radical (unpaired) electrons. The first-order valence-electron chi connectivity index (χ1n) is 6.96. The van der Waals surface area contributed by atoms with Gasteiger partial charge in [-0.1, -0.05) is 20.3 Å². The van der Waals surface area contributed by atoms with E-state index >= 15 is 0 Å². The molecule has 0 aromatic carbocycles. The van der Waals surface area contributed by atoms with Crippen molar-refractivity contribution in [2.45, 2.75) is 52.1 Å². The highest BCUT2D eigenvalue weighted by atomic mass is 16.5. The molecule has 1 saturated heterocycles. The second kappa shape index (κ2) is 6.89. The molecule has 0 aromatic heterocycles. The summed E-state index contributed by atoms with van der Waals surface area (Å²) in [6.45, 7) is 6.20. The molecule has 1 aliphatic rings. The molecule has 0 spiro atoms. The smallest absolute Gasteiger partial charge is 0.308 e. The summed E-state index contributed by atoms with van der Waals surface area (Å²) in [5.74, 6) is -1.37. The van der Waals surface area contributed by atoms with Gasteiger partial charge in [0.25, 0.3) is 0 Å². The van der Waals surface area contributed by atoms with E-state index in [1.807, 2.05) is 13.8 Å².